The van der Waals surface area contributed by atoms with Crippen molar-refractivity contribution < 1.29 is 8.42 Å². The summed E-state index contributed by atoms with van der Waals surface area (Å²) in [7, 11) is -3.35. The van der Waals surface area contributed by atoms with Crippen LogP contribution in [0.2, 0.25) is 5.02 Å². The highest BCUT2D eigenvalue weighted by Gasteiger charge is 2.15. The first-order valence-corrected chi connectivity index (χ1v) is 8.17. The Hall–Kier alpha value is -1.37. The first-order chi connectivity index (χ1) is 9.42. The highest BCUT2D eigenvalue weighted by molar-refractivity contribution is 7.91. The number of aryl methyl sites for hydroxylation is 2. The van der Waals surface area contributed by atoms with Gasteiger partial charge in [0, 0.05) is 12.7 Å². The van der Waals surface area contributed by atoms with Crippen molar-refractivity contribution in [3.8, 4) is 0 Å². The first kappa shape index (κ1) is 15.0. The molecule has 0 aliphatic carbocycles. The van der Waals surface area contributed by atoms with Crippen LogP contribution in [-0.2, 0) is 22.9 Å². The van der Waals surface area contributed by atoms with Crippen LogP contribution < -0.4 is 5.73 Å². The Morgan fingerprint density at radius 2 is 2.15 bits per heavy atom. The Kier molecular flexibility index (Phi) is 4.47. The van der Waals surface area contributed by atoms with Crippen LogP contribution >= 0.6 is 11.6 Å². The van der Waals surface area contributed by atoms with Gasteiger partial charge < -0.3 is 5.73 Å². The molecule has 0 unspecified atom stereocenters. The zero-order chi connectivity index (χ0) is 14.8. The van der Waals surface area contributed by atoms with Crippen molar-refractivity contribution in [3.05, 3.63) is 46.7 Å². The van der Waals surface area contributed by atoms with E-state index in [1.165, 1.54) is 0 Å². The Morgan fingerprint density at radius 1 is 1.40 bits per heavy atom. The molecule has 108 valence electrons. The molecule has 1 heterocycles. The quantitative estimate of drug-likeness (QED) is 0.912. The summed E-state index contributed by atoms with van der Waals surface area (Å²) < 4.78 is 26.0. The van der Waals surface area contributed by atoms with Crippen molar-refractivity contribution in [3.63, 3.8) is 0 Å². The normalized spacial score (nSPS) is 11.8. The topological polar surface area (TPSA) is 78.0 Å². The van der Waals surface area contributed by atoms with Crippen molar-refractivity contribution in [2.45, 2.75) is 24.9 Å². The number of nitrogens with two attached hydrogens (primary N) is 1. The molecule has 0 spiro atoms. The second-order valence-electron chi connectivity index (χ2n) is 4.50. The molecule has 0 amide bonds. The molecule has 1 aromatic heterocycles. The Bertz CT molecular complexity index is 691. The van der Waals surface area contributed by atoms with E-state index in [1.54, 1.807) is 42.1 Å². The number of aromatic nitrogens is 2. The number of hydrogen-bond acceptors (Lipinski definition) is 4. The summed E-state index contributed by atoms with van der Waals surface area (Å²) in [5, 5.41) is 4.68. The minimum Gasteiger partial charge on any atom is -0.326 e. The van der Waals surface area contributed by atoms with Gasteiger partial charge in [0.05, 0.1) is 27.9 Å². The molecule has 0 saturated heterocycles. The van der Waals surface area contributed by atoms with E-state index in [2.05, 4.69) is 5.10 Å². The maximum Gasteiger partial charge on any atom is 0.180 e. The van der Waals surface area contributed by atoms with Crippen LogP contribution in [0.15, 0.2) is 35.4 Å². The van der Waals surface area contributed by atoms with Gasteiger partial charge in [-0.3, -0.25) is 4.68 Å². The fourth-order valence-corrected chi connectivity index (χ4v) is 3.24. The van der Waals surface area contributed by atoms with Gasteiger partial charge in [-0.2, -0.15) is 5.10 Å². The minimum absolute atomic E-state index is 0.0293. The molecular weight excluding hydrogens is 298 g/mol. The summed E-state index contributed by atoms with van der Waals surface area (Å²) in [6.07, 6.45) is 1.63. The van der Waals surface area contributed by atoms with E-state index in [9.17, 15) is 8.42 Å². The van der Waals surface area contributed by atoms with Crippen LogP contribution in [0.5, 0.6) is 0 Å². The number of hydrogen-bond donors (Lipinski definition) is 1. The average molecular weight is 314 g/mol. The van der Waals surface area contributed by atoms with Crippen LogP contribution in [0.3, 0.4) is 0 Å². The van der Waals surface area contributed by atoms with Crippen molar-refractivity contribution in [1.29, 1.82) is 0 Å². The lowest BCUT2D eigenvalue weighted by atomic mass is 10.2. The molecular formula is C13H16ClN3O2S. The fourth-order valence-electron chi connectivity index (χ4n) is 1.81. The van der Waals surface area contributed by atoms with Gasteiger partial charge in [0.2, 0.25) is 0 Å². The molecule has 2 N–H and O–H groups in total. The first-order valence-electron chi connectivity index (χ1n) is 6.13. The van der Waals surface area contributed by atoms with Crippen molar-refractivity contribution in [2.75, 3.05) is 5.75 Å². The molecule has 0 atom stereocenters. The number of sulfone groups is 1. The number of rotatable bonds is 5. The van der Waals surface area contributed by atoms with E-state index in [-0.39, 0.29) is 17.2 Å². The second-order valence-corrected chi connectivity index (χ2v) is 7.01. The van der Waals surface area contributed by atoms with E-state index >= 15 is 0 Å². The maximum absolute atomic E-state index is 12.3. The SMILES string of the molecule is Cc1nn(CCS(=O)(=O)c2cccc(CN)c2)cc1Cl. The third kappa shape index (κ3) is 3.39. The predicted octanol–water partition coefficient (Wildman–Crippen LogP) is 1.78. The van der Waals surface area contributed by atoms with Gasteiger partial charge >= 0.3 is 0 Å². The van der Waals surface area contributed by atoms with Gasteiger partial charge in [-0.05, 0) is 24.6 Å². The van der Waals surface area contributed by atoms with Gasteiger partial charge in [0.25, 0.3) is 0 Å². The molecule has 0 saturated carbocycles. The molecule has 0 aliphatic heterocycles. The molecule has 20 heavy (non-hydrogen) atoms. The number of nitrogens with zero attached hydrogens (tertiary/aromatic N) is 2. The monoisotopic (exact) mass is 313 g/mol. The van der Waals surface area contributed by atoms with E-state index in [0.717, 1.165) is 5.56 Å². The lowest BCUT2D eigenvalue weighted by Gasteiger charge is -2.06. The van der Waals surface area contributed by atoms with Gasteiger partial charge in [-0.1, -0.05) is 23.7 Å². The Labute approximate surface area is 123 Å². The summed E-state index contributed by atoms with van der Waals surface area (Å²) in [5.74, 6) is -0.0293. The van der Waals surface area contributed by atoms with E-state index in [0.29, 0.717) is 17.3 Å². The van der Waals surface area contributed by atoms with Gasteiger partial charge in [-0.25, -0.2) is 8.42 Å². The molecule has 1 aromatic carbocycles. The smallest absolute Gasteiger partial charge is 0.180 e. The van der Waals surface area contributed by atoms with Crippen LogP contribution in [0, 0.1) is 6.92 Å². The Balaban J connectivity index is 2.14. The third-order valence-electron chi connectivity index (χ3n) is 2.97. The zero-order valence-corrected chi connectivity index (χ0v) is 12.7. The van der Waals surface area contributed by atoms with Crippen LogP contribution in [-0.4, -0.2) is 24.0 Å². The minimum atomic E-state index is -3.35. The highest BCUT2D eigenvalue weighted by Crippen LogP contribution is 2.15. The zero-order valence-electron chi connectivity index (χ0n) is 11.1. The third-order valence-corrected chi connectivity index (χ3v) is 5.03. The van der Waals surface area contributed by atoms with Crippen LogP contribution in [0.1, 0.15) is 11.3 Å². The maximum atomic E-state index is 12.3. The number of benzene rings is 1. The highest BCUT2D eigenvalue weighted by atomic mass is 35.5. The molecule has 0 radical (unpaired) electrons. The van der Waals surface area contributed by atoms with Crippen molar-refractivity contribution in [2.24, 2.45) is 5.73 Å². The molecule has 7 heteroatoms. The summed E-state index contributed by atoms with van der Waals surface area (Å²) in [4.78, 5) is 0.287. The molecule has 2 aromatic rings. The molecule has 0 aliphatic rings. The number of halogens is 1. The van der Waals surface area contributed by atoms with Gasteiger partial charge in [0.1, 0.15) is 0 Å². The van der Waals surface area contributed by atoms with Gasteiger partial charge in [0.15, 0.2) is 9.84 Å². The predicted molar refractivity (Wildman–Crippen MR) is 78.4 cm³/mol. The summed E-state index contributed by atoms with van der Waals surface area (Å²) in [6.45, 7) is 2.36. The largest absolute Gasteiger partial charge is 0.326 e. The summed E-state index contributed by atoms with van der Waals surface area (Å²) in [5.41, 5.74) is 7.01. The van der Waals surface area contributed by atoms with Crippen LogP contribution in [0.25, 0.3) is 0 Å². The summed E-state index contributed by atoms with van der Waals surface area (Å²) >= 11 is 5.89. The molecule has 0 bridgehead atoms. The van der Waals surface area contributed by atoms with E-state index < -0.39 is 9.84 Å². The molecule has 5 nitrogen and oxygen atoms in total. The van der Waals surface area contributed by atoms with Crippen molar-refractivity contribution >= 4 is 21.4 Å². The summed E-state index contributed by atoms with van der Waals surface area (Å²) in [6, 6.07) is 6.69. The van der Waals surface area contributed by atoms with Crippen LogP contribution in [0.4, 0.5) is 0 Å². The molecule has 0 fully saturated rings. The van der Waals surface area contributed by atoms with Gasteiger partial charge in [-0.15, -0.1) is 0 Å². The second kappa shape index (κ2) is 5.95. The van der Waals surface area contributed by atoms with E-state index in [1.807, 2.05) is 0 Å². The van der Waals surface area contributed by atoms with Crippen molar-refractivity contribution in [1.82, 2.24) is 9.78 Å². The van der Waals surface area contributed by atoms with E-state index in [4.69, 9.17) is 17.3 Å². The standard InChI is InChI=1S/C13H16ClN3O2S/c1-10-13(14)9-17(16-10)5-6-20(18,19)12-4-2-3-11(7-12)8-15/h2-4,7,9H,5-6,8,15H2,1H3. The lowest BCUT2D eigenvalue weighted by molar-refractivity contribution is 0.579. The Morgan fingerprint density at radius 3 is 2.75 bits per heavy atom. The average Bonchev–Trinajstić information content (AvgIpc) is 2.76. The lowest BCUT2D eigenvalue weighted by Crippen LogP contribution is -2.14. The molecule has 2 rings (SSSR count). The fraction of sp³-hybridized carbons (Fsp3) is 0.308.